The molecule has 8 heteroatoms. The lowest BCUT2D eigenvalue weighted by Crippen LogP contribution is -2.39. The molecule has 0 spiro atoms. The van der Waals surface area contributed by atoms with Crippen LogP contribution in [0.5, 0.6) is 0 Å². The van der Waals surface area contributed by atoms with Gasteiger partial charge in [0.1, 0.15) is 6.04 Å². The van der Waals surface area contributed by atoms with Gasteiger partial charge in [0.25, 0.3) is 0 Å². The molecular formula is C19H26ClN5O2. The molecule has 0 saturated carbocycles. The Balaban J connectivity index is 2.08. The van der Waals surface area contributed by atoms with E-state index in [4.69, 9.17) is 17.3 Å². The first kappa shape index (κ1) is 20.9. The zero-order valence-corrected chi connectivity index (χ0v) is 17.0. The van der Waals surface area contributed by atoms with E-state index < -0.39 is 12.1 Å². The number of benzene rings is 1. The van der Waals surface area contributed by atoms with Crippen molar-refractivity contribution >= 4 is 34.8 Å². The topological polar surface area (TPSA) is 102 Å². The number of nitrogens with two attached hydrogens (primary N) is 1. The lowest BCUT2D eigenvalue weighted by molar-refractivity contribution is -0.119. The van der Waals surface area contributed by atoms with Gasteiger partial charge < -0.3 is 16.4 Å². The number of rotatable bonds is 6. The lowest BCUT2D eigenvalue weighted by atomic mass is 10.0. The predicted octanol–water partition coefficient (Wildman–Crippen LogP) is 3.27. The van der Waals surface area contributed by atoms with Crippen LogP contribution in [0.3, 0.4) is 0 Å². The van der Waals surface area contributed by atoms with E-state index in [2.05, 4.69) is 15.7 Å². The molecule has 4 N–H and O–H groups in total. The van der Waals surface area contributed by atoms with Crippen LogP contribution in [0.1, 0.15) is 38.2 Å². The Morgan fingerprint density at radius 3 is 2.30 bits per heavy atom. The Labute approximate surface area is 164 Å². The number of aromatic nitrogens is 2. The molecule has 0 radical (unpaired) electrons. The van der Waals surface area contributed by atoms with Gasteiger partial charge in [0.15, 0.2) is 0 Å². The van der Waals surface area contributed by atoms with Gasteiger partial charge in [0, 0.05) is 11.4 Å². The second-order valence-corrected chi connectivity index (χ2v) is 7.40. The number of nitrogens with zero attached hydrogens (tertiary/aromatic N) is 2. The molecule has 1 aromatic carbocycles. The van der Waals surface area contributed by atoms with Crippen molar-refractivity contribution in [2.75, 3.05) is 10.6 Å². The Morgan fingerprint density at radius 1 is 1.11 bits per heavy atom. The zero-order chi connectivity index (χ0) is 20.3. The van der Waals surface area contributed by atoms with E-state index in [0.29, 0.717) is 16.4 Å². The molecule has 2 amide bonds. The molecule has 0 bridgehead atoms. The summed E-state index contributed by atoms with van der Waals surface area (Å²) in [4.78, 5) is 24.6. The van der Waals surface area contributed by atoms with Crippen molar-refractivity contribution in [3.63, 3.8) is 0 Å². The Hall–Kier alpha value is -2.38. The molecule has 2 aromatic rings. The molecule has 0 aliphatic heterocycles. The number of hydrogen-bond acceptors (Lipinski definition) is 4. The van der Waals surface area contributed by atoms with Gasteiger partial charge >= 0.3 is 0 Å². The van der Waals surface area contributed by atoms with E-state index in [1.165, 1.54) is 0 Å². The Bertz CT molecular complexity index is 847. The maximum absolute atomic E-state index is 12.5. The number of carbonyl (C=O) groups is 2. The predicted molar refractivity (Wildman–Crippen MR) is 108 cm³/mol. The van der Waals surface area contributed by atoms with E-state index in [1.54, 1.807) is 29.8 Å². The molecule has 2 rings (SSSR count). The van der Waals surface area contributed by atoms with Crippen LogP contribution in [0.25, 0.3) is 0 Å². The minimum Gasteiger partial charge on any atom is -0.325 e. The Kier molecular flexibility index (Phi) is 6.62. The second-order valence-electron chi connectivity index (χ2n) is 6.99. The second kappa shape index (κ2) is 8.54. The van der Waals surface area contributed by atoms with Crippen molar-refractivity contribution in [1.82, 2.24) is 9.78 Å². The molecule has 27 heavy (non-hydrogen) atoms. The van der Waals surface area contributed by atoms with Crippen LogP contribution in [0.4, 0.5) is 11.4 Å². The summed E-state index contributed by atoms with van der Waals surface area (Å²) < 4.78 is 1.67. The van der Waals surface area contributed by atoms with Crippen molar-refractivity contribution < 1.29 is 9.59 Å². The van der Waals surface area contributed by atoms with Gasteiger partial charge in [-0.25, -0.2) is 0 Å². The molecule has 1 unspecified atom stereocenters. The summed E-state index contributed by atoms with van der Waals surface area (Å²) in [7, 11) is 0. The fourth-order valence-corrected chi connectivity index (χ4v) is 2.84. The van der Waals surface area contributed by atoms with Crippen molar-refractivity contribution in [2.45, 2.75) is 46.7 Å². The minimum absolute atomic E-state index is 0.0231. The molecule has 0 aliphatic rings. The molecule has 2 atom stereocenters. The number of nitrogens with one attached hydrogen (secondary N) is 2. The average molecular weight is 392 g/mol. The van der Waals surface area contributed by atoms with Gasteiger partial charge in [0.2, 0.25) is 11.8 Å². The first-order valence-electron chi connectivity index (χ1n) is 8.79. The number of hydrogen-bond donors (Lipinski definition) is 3. The van der Waals surface area contributed by atoms with Crippen LogP contribution >= 0.6 is 11.6 Å². The van der Waals surface area contributed by atoms with Gasteiger partial charge in [-0.1, -0.05) is 25.4 Å². The van der Waals surface area contributed by atoms with E-state index in [9.17, 15) is 9.59 Å². The highest BCUT2D eigenvalue weighted by molar-refractivity contribution is 6.34. The van der Waals surface area contributed by atoms with E-state index >= 15 is 0 Å². The highest BCUT2D eigenvalue weighted by Crippen LogP contribution is 2.26. The van der Waals surface area contributed by atoms with Gasteiger partial charge in [-0.2, -0.15) is 5.10 Å². The summed E-state index contributed by atoms with van der Waals surface area (Å²) in [5.74, 6) is -0.493. The monoisotopic (exact) mass is 391 g/mol. The average Bonchev–Trinajstić information content (AvgIpc) is 2.93. The fraction of sp³-hybridized carbons (Fsp3) is 0.421. The van der Waals surface area contributed by atoms with E-state index in [1.807, 2.05) is 33.8 Å². The van der Waals surface area contributed by atoms with Crippen molar-refractivity contribution in [2.24, 2.45) is 11.7 Å². The van der Waals surface area contributed by atoms with E-state index in [-0.39, 0.29) is 17.7 Å². The molecular weight excluding hydrogens is 366 g/mol. The maximum atomic E-state index is 12.5. The first-order valence-corrected chi connectivity index (χ1v) is 9.17. The lowest BCUT2D eigenvalue weighted by Gasteiger charge is -2.17. The molecule has 0 fully saturated rings. The highest BCUT2D eigenvalue weighted by atomic mass is 35.5. The summed E-state index contributed by atoms with van der Waals surface area (Å²) >= 11 is 6.27. The highest BCUT2D eigenvalue weighted by Gasteiger charge is 2.20. The summed E-state index contributed by atoms with van der Waals surface area (Å²) in [6, 6.07) is 5.71. The summed E-state index contributed by atoms with van der Waals surface area (Å²) in [5, 5.41) is 10.2. The van der Waals surface area contributed by atoms with Crippen molar-refractivity contribution in [3.05, 3.63) is 40.7 Å². The number of anilines is 2. The van der Waals surface area contributed by atoms with Crippen molar-refractivity contribution in [3.8, 4) is 0 Å². The van der Waals surface area contributed by atoms with Crippen molar-refractivity contribution in [1.29, 1.82) is 0 Å². The quantitative estimate of drug-likeness (QED) is 0.703. The smallest absolute Gasteiger partial charge is 0.248 e. The normalized spacial score (nSPS) is 13.3. The van der Waals surface area contributed by atoms with Crippen LogP contribution in [0.15, 0.2) is 24.3 Å². The van der Waals surface area contributed by atoms with Gasteiger partial charge in [-0.05, 0) is 51.0 Å². The third kappa shape index (κ3) is 5.08. The number of carbonyl (C=O) groups excluding carboxylic acids is 2. The molecule has 0 aliphatic carbocycles. The van der Waals surface area contributed by atoms with Gasteiger partial charge in [-0.3, -0.25) is 14.3 Å². The zero-order valence-electron chi connectivity index (χ0n) is 16.2. The molecule has 7 nitrogen and oxygen atoms in total. The first-order chi connectivity index (χ1) is 12.6. The number of halogens is 1. The number of aryl methyl sites for hydroxylation is 2. The Morgan fingerprint density at radius 2 is 1.78 bits per heavy atom. The van der Waals surface area contributed by atoms with Crippen LogP contribution in [0, 0.1) is 19.8 Å². The molecule has 1 heterocycles. The number of amides is 2. The molecule has 0 saturated heterocycles. The van der Waals surface area contributed by atoms with Crippen LogP contribution in [0.2, 0.25) is 5.02 Å². The van der Waals surface area contributed by atoms with Crippen LogP contribution in [-0.2, 0) is 9.59 Å². The summed E-state index contributed by atoms with van der Waals surface area (Å²) in [6.45, 7) is 9.30. The fourth-order valence-electron chi connectivity index (χ4n) is 2.61. The third-order valence-corrected chi connectivity index (χ3v) is 4.62. The van der Waals surface area contributed by atoms with Crippen LogP contribution < -0.4 is 16.4 Å². The van der Waals surface area contributed by atoms with Gasteiger partial charge in [-0.15, -0.1) is 0 Å². The molecule has 1 aromatic heterocycles. The molecule has 146 valence electrons. The van der Waals surface area contributed by atoms with E-state index in [0.717, 1.165) is 11.4 Å². The third-order valence-electron chi connectivity index (χ3n) is 4.31. The van der Waals surface area contributed by atoms with Gasteiger partial charge in [0.05, 0.1) is 22.4 Å². The largest absolute Gasteiger partial charge is 0.325 e. The minimum atomic E-state index is -0.607. The summed E-state index contributed by atoms with van der Waals surface area (Å²) in [6.07, 6.45) is 0. The van der Waals surface area contributed by atoms with Crippen LogP contribution in [-0.4, -0.2) is 27.6 Å². The SMILES string of the molecule is Cc1cc(C)n(C(C)C(=O)Nc2ccc(NC(=O)[C@@H](N)C(C)C)cc2Cl)n1. The summed E-state index contributed by atoms with van der Waals surface area (Å²) in [5.41, 5.74) is 8.57. The maximum Gasteiger partial charge on any atom is 0.248 e. The standard InChI is InChI=1S/C19H26ClN5O2/c1-10(2)17(21)19(27)22-14-6-7-16(15(20)9-14)23-18(26)13(5)25-12(4)8-11(3)24-25/h6-10,13,17H,21H2,1-5H3,(H,22,27)(H,23,26)/t13?,17-/m0/s1.